The number of hydrogen-bond acceptors (Lipinski definition) is 5. The van der Waals surface area contributed by atoms with Crippen LogP contribution in [0.4, 0.5) is 5.69 Å². The molecule has 0 aliphatic rings. The summed E-state index contributed by atoms with van der Waals surface area (Å²) < 4.78 is 38.5. The van der Waals surface area contributed by atoms with E-state index in [0.717, 1.165) is 16.9 Å². The summed E-state index contributed by atoms with van der Waals surface area (Å²) in [6.07, 6.45) is 0. The maximum atomic E-state index is 12.7. The summed E-state index contributed by atoms with van der Waals surface area (Å²) >= 11 is 0. The zero-order valence-corrected chi connectivity index (χ0v) is 19.0. The van der Waals surface area contributed by atoms with Crippen LogP contribution in [0.5, 0.6) is 11.5 Å². The quantitative estimate of drug-likeness (QED) is 0.513. The predicted octanol–water partition coefficient (Wildman–Crippen LogP) is 3.81. The Morgan fingerprint density at radius 3 is 2.25 bits per heavy atom. The molecule has 3 aromatic carbocycles. The van der Waals surface area contributed by atoms with Crippen LogP contribution in [0.3, 0.4) is 0 Å². The standard InChI is InChI=1S/C24H26N2O5S/c1-17-4-8-20(9-5-17)26-32(28,29)22-12-13-23(18(2)14-22)31-16-24(27)25-15-19-6-10-21(30-3)11-7-19/h4-14,26H,15-16H2,1-3H3,(H,25,27). The summed E-state index contributed by atoms with van der Waals surface area (Å²) in [5.41, 5.74) is 3.08. The van der Waals surface area contributed by atoms with E-state index in [1.807, 2.05) is 43.3 Å². The molecule has 0 heterocycles. The van der Waals surface area contributed by atoms with Gasteiger partial charge in [0.15, 0.2) is 6.61 Å². The minimum absolute atomic E-state index is 0.117. The molecule has 32 heavy (non-hydrogen) atoms. The van der Waals surface area contributed by atoms with Gasteiger partial charge in [-0.3, -0.25) is 9.52 Å². The first-order valence-electron chi connectivity index (χ1n) is 9.99. The van der Waals surface area contributed by atoms with Gasteiger partial charge in [-0.2, -0.15) is 0 Å². The Morgan fingerprint density at radius 1 is 0.938 bits per heavy atom. The molecular weight excluding hydrogens is 428 g/mol. The first-order chi connectivity index (χ1) is 15.3. The summed E-state index contributed by atoms with van der Waals surface area (Å²) in [5, 5.41) is 2.78. The lowest BCUT2D eigenvalue weighted by atomic mass is 10.2. The minimum Gasteiger partial charge on any atom is -0.497 e. The molecule has 1 amide bonds. The Morgan fingerprint density at radius 2 is 1.62 bits per heavy atom. The van der Waals surface area contributed by atoms with E-state index in [-0.39, 0.29) is 17.4 Å². The number of anilines is 1. The van der Waals surface area contributed by atoms with Crippen LogP contribution in [0.2, 0.25) is 0 Å². The van der Waals surface area contributed by atoms with Crippen LogP contribution in [-0.2, 0) is 21.4 Å². The van der Waals surface area contributed by atoms with Crippen molar-refractivity contribution >= 4 is 21.6 Å². The molecule has 3 rings (SSSR count). The first kappa shape index (κ1) is 23.1. The summed E-state index contributed by atoms with van der Waals surface area (Å²) in [6, 6.07) is 19.0. The fraction of sp³-hybridized carbons (Fsp3) is 0.208. The molecule has 8 heteroatoms. The third-order valence-corrected chi connectivity index (χ3v) is 6.15. The van der Waals surface area contributed by atoms with E-state index in [1.165, 1.54) is 12.1 Å². The number of benzene rings is 3. The highest BCUT2D eigenvalue weighted by atomic mass is 32.2. The second-order valence-electron chi connectivity index (χ2n) is 7.31. The molecule has 0 radical (unpaired) electrons. The van der Waals surface area contributed by atoms with Crippen molar-refractivity contribution in [2.75, 3.05) is 18.4 Å². The zero-order chi connectivity index (χ0) is 23.1. The second kappa shape index (κ2) is 10.2. The average Bonchev–Trinajstić information content (AvgIpc) is 2.78. The van der Waals surface area contributed by atoms with Crippen LogP contribution in [0, 0.1) is 13.8 Å². The van der Waals surface area contributed by atoms with Gasteiger partial charge in [-0.1, -0.05) is 29.8 Å². The summed E-state index contributed by atoms with van der Waals surface area (Å²) in [5.74, 6) is 0.912. The van der Waals surface area contributed by atoms with Gasteiger partial charge in [0.05, 0.1) is 12.0 Å². The Balaban J connectivity index is 1.56. The van der Waals surface area contributed by atoms with E-state index in [4.69, 9.17) is 9.47 Å². The summed E-state index contributed by atoms with van der Waals surface area (Å²) in [4.78, 5) is 12.2. The highest BCUT2D eigenvalue weighted by Crippen LogP contribution is 2.23. The van der Waals surface area contributed by atoms with Gasteiger partial charge in [-0.05, 0) is 67.4 Å². The van der Waals surface area contributed by atoms with E-state index < -0.39 is 10.0 Å². The molecule has 0 bridgehead atoms. The molecule has 0 aliphatic carbocycles. The van der Waals surface area contributed by atoms with Crippen molar-refractivity contribution in [3.8, 4) is 11.5 Å². The van der Waals surface area contributed by atoms with Crippen LogP contribution in [0.15, 0.2) is 71.6 Å². The fourth-order valence-electron chi connectivity index (χ4n) is 2.93. The summed E-state index contributed by atoms with van der Waals surface area (Å²) in [6.45, 7) is 3.85. The number of sulfonamides is 1. The van der Waals surface area contributed by atoms with Gasteiger partial charge in [-0.15, -0.1) is 0 Å². The Bertz CT molecular complexity index is 1170. The molecule has 0 spiro atoms. The highest BCUT2D eigenvalue weighted by Gasteiger charge is 2.16. The predicted molar refractivity (Wildman–Crippen MR) is 124 cm³/mol. The van der Waals surface area contributed by atoms with Crippen LogP contribution < -0.4 is 19.5 Å². The van der Waals surface area contributed by atoms with Crippen molar-refractivity contribution in [1.82, 2.24) is 5.32 Å². The third kappa shape index (κ3) is 6.24. The van der Waals surface area contributed by atoms with Crippen molar-refractivity contribution in [3.05, 3.63) is 83.4 Å². The van der Waals surface area contributed by atoms with Gasteiger partial charge in [0.1, 0.15) is 11.5 Å². The van der Waals surface area contributed by atoms with Crippen molar-refractivity contribution in [2.45, 2.75) is 25.3 Å². The number of rotatable bonds is 9. The van der Waals surface area contributed by atoms with Crippen LogP contribution in [0.25, 0.3) is 0 Å². The lowest BCUT2D eigenvalue weighted by Crippen LogP contribution is -2.28. The van der Waals surface area contributed by atoms with Crippen LogP contribution in [-0.4, -0.2) is 28.0 Å². The summed E-state index contributed by atoms with van der Waals surface area (Å²) in [7, 11) is -2.14. The average molecular weight is 455 g/mol. The molecule has 7 nitrogen and oxygen atoms in total. The van der Waals surface area contributed by atoms with E-state index in [0.29, 0.717) is 23.5 Å². The van der Waals surface area contributed by atoms with Gasteiger partial charge >= 0.3 is 0 Å². The number of hydrogen-bond donors (Lipinski definition) is 2. The number of nitrogens with one attached hydrogen (secondary N) is 2. The molecule has 168 valence electrons. The molecule has 0 atom stereocenters. The molecule has 0 aliphatic heterocycles. The number of carbonyl (C=O) groups excluding carboxylic acids is 1. The Labute approximate surface area is 188 Å². The molecule has 2 N–H and O–H groups in total. The normalized spacial score (nSPS) is 11.0. The second-order valence-corrected chi connectivity index (χ2v) is 8.99. The van der Waals surface area contributed by atoms with E-state index in [2.05, 4.69) is 10.0 Å². The maximum Gasteiger partial charge on any atom is 0.261 e. The van der Waals surface area contributed by atoms with Crippen LogP contribution >= 0.6 is 0 Å². The number of methoxy groups -OCH3 is 1. The molecule has 0 unspecified atom stereocenters. The number of carbonyl (C=O) groups is 1. The van der Waals surface area contributed by atoms with Crippen molar-refractivity contribution < 1.29 is 22.7 Å². The SMILES string of the molecule is COc1ccc(CNC(=O)COc2ccc(S(=O)(=O)Nc3ccc(C)cc3)cc2C)cc1. The fourth-order valence-corrected chi connectivity index (χ4v) is 4.07. The van der Waals surface area contributed by atoms with Gasteiger partial charge in [0.25, 0.3) is 15.9 Å². The molecular formula is C24H26N2O5S. The smallest absolute Gasteiger partial charge is 0.261 e. The zero-order valence-electron chi connectivity index (χ0n) is 18.2. The van der Waals surface area contributed by atoms with E-state index in [9.17, 15) is 13.2 Å². The number of amides is 1. The van der Waals surface area contributed by atoms with E-state index in [1.54, 1.807) is 32.2 Å². The minimum atomic E-state index is -3.73. The molecule has 0 aromatic heterocycles. The topological polar surface area (TPSA) is 93.7 Å². The van der Waals surface area contributed by atoms with Crippen LogP contribution in [0.1, 0.15) is 16.7 Å². The lowest BCUT2D eigenvalue weighted by Gasteiger charge is -2.12. The Hall–Kier alpha value is -3.52. The third-order valence-electron chi connectivity index (χ3n) is 4.77. The maximum absolute atomic E-state index is 12.7. The Kier molecular flexibility index (Phi) is 7.37. The van der Waals surface area contributed by atoms with Gasteiger partial charge in [0, 0.05) is 12.2 Å². The van der Waals surface area contributed by atoms with E-state index >= 15 is 0 Å². The van der Waals surface area contributed by atoms with Crippen molar-refractivity contribution in [1.29, 1.82) is 0 Å². The molecule has 0 saturated heterocycles. The number of aryl methyl sites for hydroxylation is 2. The molecule has 0 fully saturated rings. The lowest BCUT2D eigenvalue weighted by molar-refractivity contribution is -0.123. The van der Waals surface area contributed by atoms with Crippen molar-refractivity contribution in [2.24, 2.45) is 0 Å². The largest absolute Gasteiger partial charge is 0.497 e. The van der Waals surface area contributed by atoms with Crippen molar-refractivity contribution in [3.63, 3.8) is 0 Å². The van der Waals surface area contributed by atoms with Gasteiger partial charge < -0.3 is 14.8 Å². The van der Waals surface area contributed by atoms with Gasteiger partial charge in [-0.25, -0.2) is 8.42 Å². The first-order valence-corrected chi connectivity index (χ1v) is 11.5. The molecule has 0 saturated carbocycles. The number of ether oxygens (including phenoxy) is 2. The van der Waals surface area contributed by atoms with Gasteiger partial charge in [0.2, 0.25) is 0 Å². The molecule has 3 aromatic rings. The highest BCUT2D eigenvalue weighted by molar-refractivity contribution is 7.92. The monoisotopic (exact) mass is 454 g/mol.